The van der Waals surface area contributed by atoms with Crippen molar-refractivity contribution in [2.24, 2.45) is 0 Å². The molecule has 0 aliphatic heterocycles. The van der Waals surface area contributed by atoms with Crippen molar-refractivity contribution in [2.75, 3.05) is 0 Å². The molecule has 0 N–H and O–H groups in total. The normalized spacial score (nSPS) is 11.2. The van der Waals surface area contributed by atoms with E-state index in [-0.39, 0.29) is 5.69 Å². The molecule has 0 bridgehead atoms. The van der Waals surface area contributed by atoms with Crippen LogP contribution in [-0.4, -0.2) is 15.9 Å². The van der Waals surface area contributed by atoms with Crippen LogP contribution in [0.15, 0.2) is 54.6 Å². The fourth-order valence-electron chi connectivity index (χ4n) is 1.47. The molecule has 0 saturated heterocycles. The van der Waals surface area contributed by atoms with Crippen molar-refractivity contribution >= 4 is 17.6 Å². The van der Waals surface area contributed by atoms with Crippen molar-refractivity contribution in [3.8, 4) is 0 Å². The zero-order valence-corrected chi connectivity index (χ0v) is 9.39. The highest BCUT2D eigenvalue weighted by Crippen LogP contribution is 2.12. The number of nitrogens with zero attached hydrogens (tertiary/aromatic N) is 2. The number of benzene rings is 2. The van der Waals surface area contributed by atoms with Gasteiger partial charge in [-0.1, -0.05) is 18.2 Å². The number of hydrogen-bond donors (Lipinski definition) is 0. The predicted molar refractivity (Wildman–Crippen MR) is 68.0 cm³/mol. The fourth-order valence-corrected chi connectivity index (χ4v) is 1.47. The molecule has 2 aromatic carbocycles. The molecule has 0 saturated carbocycles. The minimum absolute atomic E-state index is 0.00399. The third-order valence-electron chi connectivity index (χ3n) is 2.38. The van der Waals surface area contributed by atoms with Crippen molar-refractivity contribution in [1.82, 2.24) is 0 Å². The third-order valence-corrected chi connectivity index (χ3v) is 2.38. The van der Waals surface area contributed by atoms with Crippen LogP contribution in [0.4, 0.5) is 11.4 Å². The Morgan fingerprint density at radius 3 is 2.00 bits per heavy atom. The molecule has 90 valence electrons. The van der Waals surface area contributed by atoms with Crippen molar-refractivity contribution in [3.05, 3.63) is 75.5 Å². The summed E-state index contributed by atoms with van der Waals surface area (Å²) >= 11 is 0. The molecule has 0 aromatic heterocycles. The summed E-state index contributed by atoms with van der Waals surface area (Å²) < 4.78 is 0.723. The molecule has 0 heterocycles. The van der Waals surface area contributed by atoms with Crippen LogP contribution in [0.5, 0.6) is 0 Å². The molecule has 0 aliphatic carbocycles. The number of rotatable bonds is 3. The van der Waals surface area contributed by atoms with Gasteiger partial charge in [-0.05, 0) is 12.1 Å². The summed E-state index contributed by atoms with van der Waals surface area (Å²) in [5.41, 5.74) is 1.12. The monoisotopic (exact) mass is 242 g/mol. The van der Waals surface area contributed by atoms with E-state index in [9.17, 15) is 15.3 Å². The van der Waals surface area contributed by atoms with Gasteiger partial charge in [0.05, 0.1) is 4.92 Å². The largest absolute Gasteiger partial charge is 0.618 e. The van der Waals surface area contributed by atoms with E-state index in [1.165, 1.54) is 30.5 Å². The summed E-state index contributed by atoms with van der Waals surface area (Å²) in [5.74, 6) is 0. The van der Waals surface area contributed by atoms with Crippen molar-refractivity contribution in [2.45, 2.75) is 0 Å². The van der Waals surface area contributed by atoms with Gasteiger partial charge in [0.25, 0.3) is 5.69 Å². The Morgan fingerprint density at radius 2 is 1.44 bits per heavy atom. The van der Waals surface area contributed by atoms with E-state index >= 15 is 0 Å². The van der Waals surface area contributed by atoms with Gasteiger partial charge in [0.1, 0.15) is 0 Å². The number of nitro benzene ring substituents is 1. The average molecular weight is 242 g/mol. The van der Waals surface area contributed by atoms with Gasteiger partial charge in [-0.25, -0.2) is 0 Å². The first kappa shape index (κ1) is 11.8. The van der Waals surface area contributed by atoms with Crippen LogP contribution in [0.3, 0.4) is 0 Å². The Labute approximate surface area is 103 Å². The van der Waals surface area contributed by atoms with E-state index in [1.54, 1.807) is 24.3 Å². The lowest BCUT2D eigenvalue weighted by molar-refractivity contribution is -0.384. The standard InChI is InChI=1S/C13H10N2O3/c16-14(12-4-2-1-3-5-12)10-11-6-8-13(9-7-11)15(17)18/h1-10H/b14-10-. The summed E-state index contributed by atoms with van der Waals surface area (Å²) in [6, 6.07) is 14.5. The van der Waals surface area contributed by atoms with Gasteiger partial charge in [-0.15, -0.1) is 0 Å². The van der Waals surface area contributed by atoms with Gasteiger partial charge < -0.3 is 5.21 Å². The first-order chi connectivity index (χ1) is 8.66. The van der Waals surface area contributed by atoms with Crippen LogP contribution < -0.4 is 0 Å². The SMILES string of the molecule is O=[N+]([O-])c1ccc(/C=[N+](\[O-])c2ccccc2)cc1. The van der Waals surface area contributed by atoms with Crippen LogP contribution in [0.25, 0.3) is 0 Å². The first-order valence-electron chi connectivity index (χ1n) is 5.27. The molecule has 2 aromatic rings. The summed E-state index contributed by atoms with van der Waals surface area (Å²) in [6.45, 7) is 0. The molecule has 2 rings (SSSR count). The highest BCUT2D eigenvalue weighted by molar-refractivity contribution is 5.77. The maximum absolute atomic E-state index is 11.8. The van der Waals surface area contributed by atoms with Crippen LogP contribution in [-0.2, 0) is 0 Å². The Bertz CT molecular complexity index is 577. The van der Waals surface area contributed by atoms with E-state index in [4.69, 9.17) is 0 Å². The lowest BCUT2D eigenvalue weighted by atomic mass is 10.2. The lowest BCUT2D eigenvalue weighted by Crippen LogP contribution is -1.98. The lowest BCUT2D eigenvalue weighted by Gasteiger charge is -2.02. The molecule has 0 unspecified atom stereocenters. The number of nitro groups is 1. The molecule has 0 amide bonds. The third kappa shape index (κ3) is 2.70. The van der Waals surface area contributed by atoms with Crippen LogP contribution in [0.1, 0.15) is 5.56 Å². The molecule has 0 fully saturated rings. The quantitative estimate of drug-likeness (QED) is 0.273. The fraction of sp³-hybridized carbons (Fsp3) is 0. The van der Waals surface area contributed by atoms with Crippen molar-refractivity contribution < 1.29 is 9.66 Å². The Balaban J connectivity index is 2.25. The van der Waals surface area contributed by atoms with E-state index in [1.807, 2.05) is 6.07 Å². The molecule has 18 heavy (non-hydrogen) atoms. The number of hydrogen-bond acceptors (Lipinski definition) is 3. The Kier molecular flexibility index (Phi) is 3.33. The van der Waals surface area contributed by atoms with Gasteiger partial charge in [0.2, 0.25) is 5.69 Å². The number of non-ortho nitro benzene ring substituents is 1. The summed E-state index contributed by atoms with van der Waals surface area (Å²) in [6.07, 6.45) is 1.37. The second kappa shape index (κ2) is 5.09. The molecule has 0 atom stereocenters. The van der Waals surface area contributed by atoms with Gasteiger partial charge in [0, 0.05) is 29.8 Å². The van der Waals surface area contributed by atoms with Crippen molar-refractivity contribution in [1.29, 1.82) is 0 Å². The Hall–Kier alpha value is -2.69. The second-order valence-corrected chi connectivity index (χ2v) is 3.64. The van der Waals surface area contributed by atoms with Gasteiger partial charge in [-0.3, -0.25) is 10.1 Å². The molecule has 0 spiro atoms. The maximum Gasteiger partial charge on any atom is 0.269 e. The van der Waals surface area contributed by atoms with Crippen molar-refractivity contribution in [3.63, 3.8) is 0 Å². The summed E-state index contributed by atoms with van der Waals surface area (Å²) in [4.78, 5) is 10.0. The van der Waals surface area contributed by atoms with Gasteiger partial charge in [0.15, 0.2) is 6.21 Å². The highest BCUT2D eigenvalue weighted by atomic mass is 16.6. The topological polar surface area (TPSA) is 69.2 Å². The smallest absolute Gasteiger partial charge is 0.269 e. The molecule has 0 radical (unpaired) electrons. The highest BCUT2D eigenvalue weighted by Gasteiger charge is 2.05. The zero-order chi connectivity index (χ0) is 13.0. The predicted octanol–water partition coefficient (Wildman–Crippen LogP) is 2.86. The van der Waals surface area contributed by atoms with Crippen LogP contribution in [0, 0.1) is 15.3 Å². The molecule has 0 aliphatic rings. The first-order valence-corrected chi connectivity index (χ1v) is 5.27. The molecular weight excluding hydrogens is 232 g/mol. The minimum Gasteiger partial charge on any atom is -0.618 e. The van der Waals surface area contributed by atoms with E-state index < -0.39 is 4.92 Å². The van der Waals surface area contributed by atoms with E-state index in [2.05, 4.69) is 0 Å². The summed E-state index contributed by atoms with van der Waals surface area (Å²) in [7, 11) is 0. The van der Waals surface area contributed by atoms with Gasteiger partial charge in [-0.2, -0.15) is 4.74 Å². The van der Waals surface area contributed by atoms with Crippen LogP contribution in [0.2, 0.25) is 0 Å². The van der Waals surface area contributed by atoms with E-state index in [0.717, 1.165) is 4.74 Å². The summed E-state index contributed by atoms with van der Waals surface area (Å²) in [5, 5.41) is 22.2. The average Bonchev–Trinajstić information content (AvgIpc) is 2.40. The molecule has 5 nitrogen and oxygen atoms in total. The number of para-hydroxylation sites is 1. The maximum atomic E-state index is 11.8. The zero-order valence-electron chi connectivity index (χ0n) is 9.39. The minimum atomic E-state index is -0.476. The Morgan fingerprint density at radius 1 is 0.833 bits per heavy atom. The second-order valence-electron chi connectivity index (χ2n) is 3.64. The van der Waals surface area contributed by atoms with Crippen LogP contribution >= 0.6 is 0 Å². The molecular formula is C13H10N2O3. The molecule has 5 heteroatoms. The van der Waals surface area contributed by atoms with E-state index in [0.29, 0.717) is 11.3 Å². The van der Waals surface area contributed by atoms with Gasteiger partial charge >= 0.3 is 0 Å².